The van der Waals surface area contributed by atoms with E-state index in [1.165, 1.54) is 11.3 Å². The Morgan fingerprint density at radius 3 is 2.52 bits per heavy atom. The van der Waals surface area contributed by atoms with Crippen LogP contribution in [-0.4, -0.2) is 22.3 Å². The Kier molecular flexibility index (Phi) is 4.51. The van der Waals surface area contributed by atoms with Crippen LogP contribution in [0.4, 0.5) is 15.6 Å². The van der Waals surface area contributed by atoms with E-state index in [-0.39, 0.29) is 6.03 Å². The van der Waals surface area contributed by atoms with Gasteiger partial charge in [-0.05, 0) is 30.5 Å². The molecule has 4 rings (SSSR count). The molecule has 0 unspecified atom stereocenters. The Labute approximate surface area is 160 Å². The number of halogens is 1. The molecule has 0 aliphatic carbocycles. The molecule has 126 valence electrons. The van der Waals surface area contributed by atoms with E-state index in [1.54, 1.807) is 35.2 Å². The fourth-order valence-electron chi connectivity index (χ4n) is 2.31. The van der Waals surface area contributed by atoms with E-state index in [2.05, 4.69) is 20.6 Å². The van der Waals surface area contributed by atoms with Crippen molar-refractivity contribution in [2.24, 2.45) is 0 Å². The van der Waals surface area contributed by atoms with Crippen molar-refractivity contribution in [3.8, 4) is 0 Å². The van der Waals surface area contributed by atoms with E-state index in [0.29, 0.717) is 15.8 Å². The largest absolute Gasteiger partial charge is 0.325 e. The topological polar surface area (TPSA) is 66.9 Å². The fraction of sp³-hybridized carbons (Fsp3) is 0.0625. The van der Waals surface area contributed by atoms with Gasteiger partial charge in [-0.15, -0.1) is 11.3 Å². The molecule has 0 fully saturated rings. The molecule has 2 amide bonds. The number of hydrogen-bond donors (Lipinski definition) is 2. The second kappa shape index (κ2) is 6.80. The minimum absolute atomic E-state index is 0.377. The van der Waals surface area contributed by atoms with Gasteiger partial charge in [0.05, 0.1) is 31.1 Å². The maximum absolute atomic E-state index is 12.2. The standard InChI is InChI=1S/C16H11ClN4OS3/c1-23-16-20-11-7-6-10-12(13(11)25-16)24-15(19-10)21-14(22)18-9-5-3-2-4-8(9)17/h2-7H,1H3,(H2,18,19,21,22). The van der Waals surface area contributed by atoms with Crippen LogP contribution in [0.2, 0.25) is 5.02 Å². The highest BCUT2D eigenvalue weighted by molar-refractivity contribution is 8.00. The molecular formula is C16H11ClN4OS3. The number of nitrogens with zero attached hydrogens (tertiary/aromatic N) is 2. The summed E-state index contributed by atoms with van der Waals surface area (Å²) >= 11 is 10.8. The normalized spacial score (nSPS) is 11.1. The quantitative estimate of drug-likeness (QED) is 0.414. The van der Waals surface area contributed by atoms with E-state index >= 15 is 0 Å². The first-order valence-electron chi connectivity index (χ1n) is 7.20. The lowest BCUT2D eigenvalue weighted by Gasteiger charge is -2.06. The molecule has 0 atom stereocenters. The number of benzene rings is 2. The van der Waals surface area contributed by atoms with E-state index < -0.39 is 0 Å². The number of para-hydroxylation sites is 1. The van der Waals surface area contributed by atoms with Crippen LogP contribution in [0.5, 0.6) is 0 Å². The SMILES string of the molecule is CSc1nc2ccc3nc(NC(=O)Nc4ccccc4Cl)sc3c2s1. The Balaban J connectivity index is 1.61. The van der Waals surface area contributed by atoms with Crippen molar-refractivity contribution in [3.63, 3.8) is 0 Å². The lowest BCUT2D eigenvalue weighted by Crippen LogP contribution is -2.19. The van der Waals surface area contributed by atoms with Gasteiger partial charge in [0.1, 0.15) is 0 Å². The highest BCUT2D eigenvalue weighted by Gasteiger charge is 2.13. The van der Waals surface area contributed by atoms with Gasteiger partial charge in [0.2, 0.25) is 0 Å². The molecule has 0 saturated carbocycles. The molecule has 2 N–H and O–H groups in total. The number of nitrogens with one attached hydrogen (secondary N) is 2. The summed E-state index contributed by atoms with van der Waals surface area (Å²) in [6, 6.07) is 10.6. The molecule has 2 heterocycles. The van der Waals surface area contributed by atoms with Crippen LogP contribution < -0.4 is 10.6 Å². The molecule has 2 aromatic heterocycles. The zero-order valence-corrected chi connectivity index (χ0v) is 16.1. The Morgan fingerprint density at radius 1 is 1.04 bits per heavy atom. The van der Waals surface area contributed by atoms with Gasteiger partial charge < -0.3 is 5.32 Å². The van der Waals surface area contributed by atoms with Gasteiger partial charge in [-0.1, -0.05) is 46.8 Å². The molecule has 4 aromatic rings. The molecule has 2 aromatic carbocycles. The van der Waals surface area contributed by atoms with Crippen LogP contribution in [0, 0.1) is 0 Å². The number of anilines is 2. The van der Waals surface area contributed by atoms with Crippen molar-refractivity contribution < 1.29 is 4.79 Å². The van der Waals surface area contributed by atoms with Crippen molar-refractivity contribution >= 4 is 83.3 Å². The minimum atomic E-state index is -0.377. The third-order valence-corrected chi connectivity index (χ3v) is 6.95. The molecule has 9 heteroatoms. The van der Waals surface area contributed by atoms with Crippen LogP contribution in [-0.2, 0) is 0 Å². The number of fused-ring (bicyclic) bond motifs is 3. The van der Waals surface area contributed by atoms with Gasteiger partial charge >= 0.3 is 6.03 Å². The van der Waals surface area contributed by atoms with Gasteiger partial charge in [0, 0.05) is 0 Å². The lowest BCUT2D eigenvalue weighted by atomic mass is 10.3. The predicted molar refractivity (Wildman–Crippen MR) is 109 cm³/mol. The number of aromatic nitrogens is 2. The molecule has 0 bridgehead atoms. The summed E-state index contributed by atoms with van der Waals surface area (Å²) < 4.78 is 3.14. The van der Waals surface area contributed by atoms with Crippen LogP contribution in [0.15, 0.2) is 40.7 Å². The highest BCUT2D eigenvalue weighted by Crippen LogP contribution is 2.38. The van der Waals surface area contributed by atoms with E-state index in [4.69, 9.17) is 11.6 Å². The zero-order valence-electron chi connectivity index (χ0n) is 12.9. The van der Waals surface area contributed by atoms with Crippen molar-refractivity contribution in [2.45, 2.75) is 4.34 Å². The van der Waals surface area contributed by atoms with Gasteiger partial charge in [0.15, 0.2) is 9.47 Å². The number of rotatable bonds is 3. The minimum Gasteiger partial charge on any atom is -0.306 e. The first-order chi connectivity index (χ1) is 12.1. The number of thioether (sulfide) groups is 1. The van der Waals surface area contributed by atoms with Gasteiger partial charge in [-0.2, -0.15) is 0 Å². The molecule has 0 saturated heterocycles. The number of amides is 2. The van der Waals surface area contributed by atoms with Gasteiger partial charge in [-0.25, -0.2) is 14.8 Å². The molecule has 25 heavy (non-hydrogen) atoms. The Hall–Kier alpha value is -1.87. The summed E-state index contributed by atoms with van der Waals surface area (Å²) in [5.74, 6) is 0. The van der Waals surface area contributed by atoms with E-state index in [1.807, 2.05) is 30.5 Å². The smallest absolute Gasteiger partial charge is 0.306 e. The van der Waals surface area contributed by atoms with Crippen molar-refractivity contribution in [1.82, 2.24) is 9.97 Å². The van der Waals surface area contributed by atoms with Crippen molar-refractivity contribution in [2.75, 3.05) is 16.9 Å². The summed E-state index contributed by atoms with van der Waals surface area (Å²) in [5.41, 5.74) is 2.36. The second-order valence-electron chi connectivity index (χ2n) is 5.02. The van der Waals surface area contributed by atoms with Gasteiger partial charge in [-0.3, -0.25) is 5.32 Å². The molecular weight excluding hydrogens is 396 g/mol. The summed E-state index contributed by atoms with van der Waals surface area (Å²) in [5, 5.41) is 6.51. The summed E-state index contributed by atoms with van der Waals surface area (Å²) in [4.78, 5) is 21.2. The van der Waals surface area contributed by atoms with Crippen molar-refractivity contribution in [3.05, 3.63) is 41.4 Å². The van der Waals surface area contributed by atoms with E-state index in [0.717, 1.165) is 24.8 Å². The van der Waals surface area contributed by atoms with Crippen LogP contribution >= 0.6 is 46.0 Å². The number of hydrogen-bond acceptors (Lipinski definition) is 6. The Bertz CT molecular complexity index is 1090. The fourth-order valence-corrected chi connectivity index (χ4v) is 5.14. The molecule has 5 nitrogen and oxygen atoms in total. The van der Waals surface area contributed by atoms with Crippen molar-refractivity contribution in [1.29, 1.82) is 0 Å². The predicted octanol–water partition coefficient (Wildman–Crippen LogP) is 5.93. The monoisotopic (exact) mass is 406 g/mol. The highest BCUT2D eigenvalue weighted by atomic mass is 35.5. The number of carbonyl (C=O) groups excluding carboxylic acids is 1. The first kappa shape index (κ1) is 16.6. The average Bonchev–Trinajstić information content (AvgIpc) is 3.19. The number of thiazole rings is 2. The number of urea groups is 1. The molecule has 0 aliphatic rings. The maximum Gasteiger partial charge on any atom is 0.325 e. The third-order valence-electron chi connectivity index (χ3n) is 3.41. The number of carbonyl (C=O) groups is 1. The van der Waals surface area contributed by atoms with Crippen LogP contribution in [0.25, 0.3) is 20.4 Å². The summed E-state index contributed by atoms with van der Waals surface area (Å²) in [7, 11) is 0. The average molecular weight is 407 g/mol. The van der Waals surface area contributed by atoms with Crippen LogP contribution in [0.1, 0.15) is 0 Å². The molecule has 0 aliphatic heterocycles. The van der Waals surface area contributed by atoms with Crippen LogP contribution in [0.3, 0.4) is 0 Å². The Morgan fingerprint density at radius 2 is 1.76 bits per heavy atom. The van der Waals surface area contributed by atoms with E-state index in [9.17, 15) is 4.79 Å². The second-order valence-corrected chi connectivity index (χ2v) is 8.48. The van der Waals surface area contributed by atoms with Gasteiger partial charge in [0.25, 0.3) is 0 Å². The maximum atomic E-state index is 12.2. The zero-order chi connectivity index (χ0) is 17.4. The molecule has 0 radical (unpaired) electrons. The lowest BCUT2D eigenvalue weighted by molar-refractivity contribution is 0.262. The summed E-state index contributed by atoms with van der Waals surface area (Å²) in [6.07, 6.45) is 2.01. The molecule has 0 spiro atoms. The third kappa shape index (κ3) is 3.30. The first-order valence-corrected chi connectivity index (χ1v) is 10.4. The summed E-state index contributed by atoms with van der Waals surface area (Å²) in [6.45, 7) is 0.